The molecule has 1 aromatic rings. The SMILES string of the molecule is Cl.O=CNc1nc(CC(=O)O)cs1. The lowest BCUT2D eigenvalue weighted by atomic mass is 10.3. The van der Waals surface area contributed by atoms with E-state index in [1.165, 1.54) is 11.3 Å². The van der Waals surface area contributed by atoms with Crippen molar-refractivity contribution in [3.05, 3.63) is 11.1 Å². The minimum absolute atomic E-state index is 0. The molecule has 0 aromatic carbocycles. The zero-order valence-corrected chi connectivity index (χ0v) is 8.02. The summed E-state index contributed by atoms with van der Waals surface area (Å²) in [6.45, 7) is 0. The Labute approximate surface area is 84.2 Å². The second-order valence-electron chi connectivity index (χ2n) is 1.98. The summed E-state index contributed by atoms with van der Waals surface area (Å²) < 4.78 is 0. The second kappa shape index (κ2) is 5.50. The Morgan fingerprint density at radius 2 is 2.46 bits per heavy atom. The van der Waals surface area contributed by atoms with Gasteiger partial charge in [0.25, 0.3) is 0 Å². The number of hydrogen-bond donors (Lipinski definition) is 2. The van der Waals surface area contributed by atoms with Crippen LogP contribution in [0.3, 0.4) is 0 Å². The fraction of sp³-hybridized carbons (Fsp3) is 0.167. The molecule has 0 aliphatic heterocycles. The summed E-state index contributed by atoms with van der Waals surface area (Å²) in [5.41, 5.74) is 0.455. The number of nitrogens with one attached hydrogen (secondary N) is 1. The summed E-state index contributed by atoms with van der Waals surface area (Å²) in [6, 6.07) is 0. The minimum Gasteiger partial charge on any atom is -0.481 e. The van der Waals surface area contributed by atoms with E-state index in [4.69, 9.17) is 5.11 Å². The van der Waals surface area contributed by atoms with Crippen molar-refractivity contribution in [2.45, 2.75) is 6.42 Å². The Balaban J connectivity index is 0.00000144. The van der Waals surface area contributed by atoms with Crippen LogP contribution in [0, 0.1) is 0 Å². The van der Waals surface area contributed by atoms with Gasteiger partial charge < -0.3 is 10.4 Å². The molecule has 0 saturated heterocycles. The highest BCUT2D eigenvalue weighted by atomic mass is 35.5. The average molecular weight is 223 g/mol. The third-order valence-electron chi connectivity index (χ3n) is 1.07. The molecule has 7 heteroatoms. The van der Waals surface area contributed by atoms with Gasteiger partial charge in [0.05, 0.1) is 12.1 Å². The topological polar surface area (TPSA) is 79.3 Å². The first-order valence-corrected chi connectivity index (χ1v) is 3.96. The lowest BCUT2D eigenvalue weighted by molar-refractivity contribution is -0.136. The molecule has 0 aliphatic carbocycles. The maximum absolute atomic E-state index is 10.2. The summed E-state index contributed by atoms with van der Waals surface area (Å²) >= 11 is 1.20. The van der Waals surface area contributed by atoms with E-state index in [9.17, 15) is 9.59 Å². The maximum atomic E-state index is 10.2. The predicted octanol–water partition coefficient (Wildman–Crippen LogP) is 0.760. The van der Waals surface area contributed by atoms with E-state index >= 15 is 0 Å². The summed E-state index contributed by atoms with van der Waals surface area (Å²) in [7, 11) is 0. The van der Waals surface area contributed by atoms with Crippen LogP contribution in [-0.4, -0.2) is 22.5 Å². The molecule has 1 heterocycles. The molecule has 0 saturated carbocycles. The Morgan fingerprint density at radius 1 is 1.77 bits per heavy atom. The first kappa shape index (κ1) is 11.9. The van der Waals surface area contributed by atoms with Crippen molar-refractivity contribution in [3.63, 3.8) is 0 Å². The molecular formula is C6H7ClN2O3S. The molecule has 0 spiro atoms. The number of rotatable bonds is 4. The van der Waals surface area contributed by atoms with E-state index in [2.05, 4.69) is 10.3 Å². The van der Waals surface area contributed by atoms with Gasteiger partial charge in [-0.1, -0.05) is 0 Å². The van der Waals surface area contributed by atoms with Crippen LogP contribution in [0.1, 0.15) is 5.69 Å². The highest BCUT2D eigenvalue weighted by Crippen LogP contribution is 2.14. The zero-order chi connectivity index (χ0) is 8.97. The molecule has 1 amide bonds. The van der Waals surface area contributed by atoms with Crippen molar-refractivity contribution < 1.29 is 14.7 Å². The van der Waals surface area contributed by atoms with Gasteiger partial charge in [0.1, 0.15) is 0 Å². The van der Waals surface area contributed by atoms with Crippen molar-refractivity contribution in [2.24, 2.45) is 0 Å². The number of aromatic nitrogens is 1. The van der Waals surface area contributed by atoms with Gasteiger partial charge in [0.15, 0.2) is 5.13 Å². The highest BCUT2D eigenvalue weighted by Gasteiger charge is 2.04. The molecule has 0 unspecified atom stereocenters. The van der Waals surface area contributed by atoms with Gasteiger partial charge in [0, 0.05) is 5.38 Å². The van der Waals surface area contributed by atoms with Crippen molar-refractivity contribution >= 4 is 41.3 Å². The van der Waals surface area contributed by atoms with E-state index in [-0.39, 0.29) is 18.8 Å². The number of thiazole rings is 1. The number of hydrogen-bond acceptors (Lipinski definition) is 4. The minimum atomic E-state index is -0.932. The quantitative estimate of drug-likeness (QED) is 0.738. The Morgan fingerprint density at radius 3 is 3.00 bits per heavy atom. The van der Waals surface area contributed by atoms with Crippen LogP contribution >= 0.6 is 23.7 Å². The number of amides is 1. The summed E-state index contributed by atoms with van der Waals surface area (Å²) in [4.78, 5) is 24.0. The largest absolute Gasteiger partial charge is 0.481 e. The van der Waals surface area contributed by atoms with Crippen molar-refractivity contribution in [1.82, 2.24) is 4.98 Å². The number of anilines is 1. The number of aliphatic carboxylic acids is 1. The molecule has 2 N–H and O–H groups in total. The van der Waals surface area contributed by atoms with Gasteiger partial charge in [-0.15, -0.1) is 23.7 Å². The van der Waals surface area contributed by atoms with Gasteiger partial charge in [-0.3, -0.25) is 9.59 Å². The highest BCUT2D eigenvalue weighted by molar-refractivity contribution is 7.13. The summed E-state index contributed by atoms with van der Waals surface area (Å²) in [6.07, 6.45) is 0.389. The third kappa shape index (κ3) is 3.86. The van der Waals surface area contributed by atoms with E-state index < -0.39 is 5.97 Å². The molecule has 5 nitrogen and oxygen atoms in total. The number of carboxylic acids is 1. The van der Waals surface area contributed by atoms with Crippen molar-refractivity contribution in [3.8, 4) is 0 Å². The van der Waals surface area contributed by atoms with Crippen molar-refractivity contribution in [2.75, 3.05) is 5.32 Å². The van der Waals surface area contributed by atoms with Gasteiger partial charge in [0.2, 0.25) is 6.41 Å². The predicted molar refractivity (Wildman–Crippen MR) is 50.4 cm³/mol. The van der Waals surface area contributed by atoms with Crippen LogP contribution in [0.5, 0.6) is 0 Å². The van der Waals surface area contributed by atoms with Crippen LogP contribution in [0.2, 0.25) is 0 Å². The number of halogens is 1. The first-order chi connectivity index (χ1) is 5.72. The number of carbonyl (C=O) groups excluding carboxylic acids is 1. The molecular weight excluding hydrogens is 216 g/mol. The van der Waals surface area contributed by atoms with Crippen LogP contribution in [0.25, 0.3) is 0 Å². The third-order valence-corrected chi connectivity index (χ3v) is 1.89. The molecule has 13 heavy (non-hydrogen) atoms. The normalized spacial score (nSPS) is 8.62. The number of carbonyl (C=O) groups is 2. The summed E-state index contributed by atoms with van der Waals surface area (Å²) in [5, 5.41) is 12.7. The molecule has 0 atom stereocenters. The average Bonchev–Trinajstić information content (AvgIpc) is 2.36. The monoisotopic (exact) mass is 222 g/mol. The van der Waals surface area contributed by atoms with Crippen LogP contribution in [0.15, 0.2) is 5.38 Å². The molecule has 72 valence electrons. The van der Waals surface area contributed by atoms with Gasteiger partial charge in [-0.05, 0) is 0 Å². The summed E-state index contributed by atoms with van der Waals surface area (Å²) in [5.74, 6) is -0.932. The van der Waals surface area contributed by atoms with E-state index in [1.54, 1.807) is 5.38 Å². The molecule has 1 rings (SSSR count). The van der Waals surface area contributed by atoms with Gasteiger partial charge in [-0.2, -0.15) is 0 Å². The lowest BCUT2D eigenvalue weighted by Crippen LogP contribution is -2.00. The fourth-order valence-electron chi connectivity index (χ4n) is 0.660. The van der Waals surface area contributed by atoms with Crippen LogP contribution in [-0.2, 0) is 16.0 Å². The van der Waals surface area contributed by atoms with E-state index in [1.807, 2.05) is 0 Å². The Bertz CT molecular complexity index is 302. The fourth-order valence-corrected chi connectivity index (χ4v) is 1.33. The van der Waals surface area contributed by atoms with Gasteiger partial charge >= 0.3 is 5.97 Å². The molecule has 0 fully saturated rings. The lowest BCUT2D eigenvalue weighted by Gasteiger charge is -1.88. The van der Waals surface area contributed by atoms with Crippen LogP contribution < -0.4 is 5.32 Å². The first-order valence-electron chi connectivity index (χ1n) is 3.08. The smallest absolute Gasteiger partial charge is 0.309 e. The van der Waals surface area contributed by atoms with E-state index in [0.717, 1.165) is 0 Å². The molecule has 0 bridgehead atoms. The molecule has 0 radical (unpaired) electrons. The van der Waals surface area contributed by atoms with Crippen molar-refractivity contribution in [1.29, 1.82) is 0 Å². The zero-order valence-electron chi connectivity index (χ0n) is 6.39. The van der Waals surface area contributed by atoms with Gasteiger partial charge in [-0.25, -0.2) is 4.98 Å². The Kier molecular flexibility index (Phi) is 5.01. The maximum Gasteiger partial charge on any atom is 0.309 e. The Hall–Kier alpha value is -1.14. The second-order valence-corrected chi connectivity index (χ2v) is 2.83. The number of carboxylic acid groups (broad SMARTS) is 1. The molecule has 1 aromatic heterocycles. The number of nitrogens with zero attached hydrogens (tertiary/aromatic N) is 1. The van der Waals surface area contributed by atoms with Crippen LogP contribution in [0.4, 0.5) is 5.13 Å². The standard InChI is InChI=1S/C6H6N2O3S.ClH/c9-3-7-6-8-4(2-12-6)1-5(10)11;/h2-3H,1H2,(H,10,11)(H,7,8,9);1H. The van der Waals surface area contributed by atoms with E-state index in [0.29, 0.717) is 17.2 Å². The molecule has 0 aliphatic rings.